The molecule has 1 fully saturated rings. The van der Waals surface area contributed by atoms with Gasteiger partial charge in [0, 0.05) is 31.4 Å². The number of pyridine rings is 1. The highest BCUT2D eigenvalue weighted by molar-refractivity contribution is 5.87. The van der Waals surface area contributed by atoms with Crippen molar-refractivity contribution in [2.45, 2.75) is 51.3 Å². The molecule has 164 valence electrons. The summed E-state index contributed by atoms with van der Waals surface area (Å²) in [5, 5.41) is 3.60. The molecule has 0 radical (unpaired) electrons. The predicted molar refractivity (Wildman–Crippen MR) is 117 cm³/mol. The van der Waals surface area contributed by atoms with Gasteiger partial charge in [-0.15, -0.1) is 0 Å². The number of amides is 1. The fraction of sp³-hybridized carbons (Fsp3) is 0.458. The normalized spacial score (nSPS) is 22.1. The fourth-order valence-corrected chi connectivity index (χ4v) is 4.15. The van der Waals surface area contributed by atoms with E-state index in [0.29, 0.717) is 13.1 Å². The third-order valence-electron chi connectivity index (χ3n) is 5.71. The van der Waals surface area contributed by atoms with Gasteiger partial charge in [0.05, 0.1) is 6.04 Å². The van der Waals surface area contributed by atoms with Crippen molar-refractivity contribution in [1.82, 2.24) is 15.2 Å². The van der Waals surface area contributed by atoms with Crippen LogP contribution in [0.25, 0.3) is 0 Å². The number of carbonyl (C=O) groups excluding carboxylic acids is 1. The van der Waals surface area contributed by atoms with Crippen LogP contribution < -0.4 is 5.32 Å². The molecule has 1 amide bonds. The van der Waals surface area contributed by atoms with Crippen LogP contribution in [0, 0.1) is 11.7 Å². The lowest BCUT2D eigenvalue weighted by Crippen LogP contribution is -2.44. The molecule has 0 saturated carbocycles. The molecule has 1 N–H and O–H groups in total. The van der Waals surface area contributed by atoms with Crippen LogP contribution in [0.3, 0.4) is 0 Å². The van der Waals surface area contributed by atoms with E-state index in [1.54, 1.807) is 17.3 Å². The Hall–Kier alpha value is -2.96. The monoisotopic (exact) mass is 424 g/mol. The number of nitrogens with one attached hydrogen (secondary N) is 1. The van der Waals surface area contributed by atoms with Gasteiger partial charge in [-0.05, 0) is 69.0 Å². The third kappa shape index (κ3) is 5.03. The number of hydrogen-bond donors (Lipinski definition) is 1. The fourth-order valence-electron chi connectivity index (χ4n) is 4.15. The van der Waals surface area contributed by atoms with Crippen LogP contribution in [-0.2, 0) is 4.74 Å². The zero-order valence-corrected chi connectivity index (χ0v) is 18.2. The molecule has 3 heterocycles. The second kappa shape index (κ2) is 8.65. The topological polar surface area (TPSA) is 66.8 Å². The maximum Gasteiger partial charge on any atom is 0.410 e. The number of carbonyl (C=O) groups is 1. The summed E-state index contributed by atoms with van der Waals surface area (Å²) >= 11 is 0. The molecule has 2 aliphatic heterocycles. The van der Waals surface area contributed by atoms with Gasteiger partial charge in [0.25, 0.3) is 0 Å². The minimum atomic E-state index is -0.495. The minimum Gasteiger partial charge on any atom is -0.444 e. The van der Waals surface area contributed by atoms with Crippen molar-refractivity contribution in [2.75, 3.05) is 13.1 Å². The molecule has 1 aromatic carbocycles. The van der Waals surface area contributed by atoms with Gasteiger partial charge in [0.2, 0.25) is 0 Å². The van der Waals surface area contributed by atoms with Crippen molar-refractivity contribution in [1.29, 1.82) is 0 Å². The number of nitrogens with zero attached hydrogens (tertiary/aromatic N) is 3. The highest BCUT2D eigenvalue weighted by Crippen LogP contribution is 2.38. The molecule has 7 heteroatoms. The molecule has 0 bridgehead atoms. The maximum absolute atomic E-state index is 13.5. The lowest BCUT2D eigenvalue weighted by molar-refractivity contribution is 0.0201. The van der Waals surface area contributed by atoms with Crippen LogP contribution in [-0.4, -0.2) is 40.5 Å². The molecule has 1 saturated heterocycles. The van der Waals surface area contributed by atoms with Crippen molar-refractivity contribution < 1.29 is 13.9 Å². The summed E-state index contributed by atoms with van der Waals surface area (Å²) in [5.41, 5.74) is 1.57. The van der Waals surface area contributed by atoms with Crippen LogP contribution in [0.15, 0.2) is 53.8 Å². The molecule has 6 nitrogen and oxygen atoms in total. The first-order valence-corrected chi connectivity index (χ1v) is 10.8. The molecular formula is C24H29FN4O2. The zero-order chi connectivity index (χ0) is 22.0. The summed E-state index contributed by atoms with van der Waals surface area (Å²) in [6.07, 6.45) is 4.92. The van der Waals surface area contributed by atoms with Gasteiger partial charge in [-0.3, -0.25) is 9.98 Å². The average Bonchev–Trinajstić information content (AvgIpc) is 3.19. The second-order valence-corrected chi connectivity index (χ2v) is 9.15. The summed E-state index contributed by atoms with van der Waals surface area (Å²) in [4.78, 5) is 23.3. The molecule has 2 aromatic rings. The Kier molecular flexibility index (Phi) is 5.94. The van der Waals surface area contributed by atoms with E-state index >= 15 is 0 Å². The predicted octanol–water partition coefficient (Wildman–Crippen LogP) is 4.65. The Bertz CT molecular complexity index is 932. The number of halogens is 1. The van der Waals surface area contributed by atoms with E-state index in [-0.39, 0.29) is 29.9 Å². The van der Waals surface area contributed by atoms with Crippen molar-refractivity contribution in [3.63, 3.8) is 0 Å². The highest BCUT2D eigenvalue weighted by Gasteiger charge is 2.36. The lowest BCUT2D eigenvalue weighted by Gasteiger charge is -2.33. The Morgan fingerprint density at radius 1 is 1.06 bits per heavy atom. The van der Waals surface area contributed by atoms with Crippen LogP contribution in [0.5, 0.6) is 0 Å². The van der Waals surface area contributed by atoms with E-state index in [0.717, 1.165) is 29.8 Å². The van der Waals surface area contributed by atoms with Crippen molar-refractivity contribution in [2.24, 2.45) is 10.9 Å². The van der Waals surface area contributed by atoms with Gasteiger partial charge < -0.3 is 15.0 Å². The number of aliphatic imine (C=N–C) groups is 1. The van der Waals surface area contributed by atoms with E-state index in [4.69, 9.17) is 9.73 Å². The number of likely N-dealkylation sites (tertiary alicyclic amines) is 1. The van der Waals surface area contributed by atoms with Crippen molar-refractivity contribution in [3.05, 3.63) is 65.7 Å². The standard InChI is InChI=1S/C24H29FN4O2/c1-24(2,3)31-23(30)29-14-10-18(11-15-29)22-27-20(16-4-6-19(25)7-5-16)21(28-22)17-8-12-26-13-9-17/h4-9,12-13,18,20-21H,10-11,14-15H2,1-3H3,(H,27,28). The van der Waals surface area contributed by atoms with E-state index in [1.807, 2.05) is 45.0 Å². The van der Waals surface area contributed by atoms with Crippen molar-refractivity contribution >= 4 is 11.9 Å². The first-order chi connectivity index (χ1) is 14.8. The quantitative estimate of drug-likeness (QED) is 0.779. The maximum atomic E-state index is 13.5. The molecule has 1 aromatic heterocycles. The van der Waals surface area contributed by atoms with E-state index in [1.165, 1.54) is 12.1 Å². The van der Waals surface area contributed by atoms with Crippen LogP contribution >= 0.6 is 0 Å². The lowest BCUT2D eigenvalue weighted by atomic mass is 9.94. The molecule has 31 heavy (non-hydrogen) atoms. The third-order valence-corrected chi connectivity index (χ3v) is 5.71. The van der Waals surface area contributed by atoms with Gasteiger partial charge in [-0.1, -0.05) is 12.1 Å². The molecule has 4 rings (SSSR count). The van der Waals surface area contributed by atoms with Gasteiger partial charge in [0.15, 0.2) is 0 Å². The number of piperidine rings is 1. The van der Waals surface area contributed by atoms with Crippen LogP contribution in [0.1, 0.15) is 56.8 Å². The molecule has 2 atom stereocenters. The van der Waals surface area contributed by atoms with E-state index in [2.05, 4.69) is 10.3 Å². The Morgan fingerprint density at radius 3 is 2.32 bits per heavy atom. The number of ether oxygens (including phenoxy) is 1. The van der Waals surface area contributed by atoms with Crippen LogP contribution in [0.4, 0.5) is 9.18 Å². The van der Waals surface area contributed by atoms with E-state index < -0.39 is 5.60 Å². The summed E-state index contributed by atoms with van der Waals surface area (Å²) < 4.78 is 19.0. The molecular weight excluding hydrogens is 395 g/mol. The Balaban J connectivity index is 1.49. The zero-order valence-electron chi connectivity index (χ0n) is 18.2. The molecule has 0 aliphatic carbocycles. The van der Waals surface area contributed by atoms with Gasteiger partial charge in [-0.25, -0.2) is 9.18 Å². The number of aromatic nitrogens is 1. The number of amidine groups is 1. The first-order valence-electron chi connectivity index (χ1n) is 10.8. The second-order valence-electron chi connectivity index (χ2n) is 9.15. The summed E-state index contributed by atoms with van der Waals surface area (Å²) in [5.74, 6) is 0.950. The summed E-state index contributed by atoms with van der Waals surface area (Å²) in [7, 11) is 0. The SMILES string of the molecule is CC(C)(C)OC(=O)N1CCC(C2=NC(c3ccncc3)C(c3ccc(F)cc3)N2)CC1. The minimum absolute atomic E-state index is 0.0677. The Labute approximate surface area is 182 Å². The van der Waals surface area contributed by atoms with E-state index in [9.17, 15) is 9.18 Å². The number of benzene rings is 1. The van der Waals surface area contributed by atoms with Crippen LogP contribution in [0.2, 0.25) is 0 Å². The molecule has 2 aliphatic rings. The number of rotatable bonds is 3. The first kappa shape index (κ1) is 21.3. The number of hydrogen-bond acceptors (Lipinski definition) is 5. The average molecular weight is 425 g/mol. The van der Waals surface area contributed by atoms with Crippen molar-refractivity contribution in [3.8, 4) is 0 Å². The highest BCUT2D eigenvalue weighted by atomic mass is 19.1. The van der Waals surface area contributed by atoms with Gasteiger partial charge in [0.1, 0.15) is 23.3 Å². The smallest absolute Gasteiger partial charge is 0.410 e. The summed E-state index contributed by atoms with van der Waals surface area (Å²) in [6, 6.07) is 10.4. The molecule has 0 spiro atoms. The van der Waals surface area contributed by atoms with Gasteiger partial charge >= 0.3 is 6.09 Å². The Morgan fingerprint density at radius 2 is 1.71 bits per heavy atom. The van der Waals surface area contributed by atoms with Gasteiger partial charge in [-0.2, -0.15) is 0 Å². The summed E-state index contributed by atoms with van der Waals surface area (Å²) in [6.45, 7) is 6.92. The molecule has 2 unspecified atom stereocenters. The largest absolute Gasteiger partial charge is 0.444 e.